The van der Waals surface area contributed by atoms with E-state index in [0.29, 0.717) is 6.04 Å². The third-order valence-corrected chi connectivity index (χ3v) is 3.31. The number of halogens is 1. The number of aromatic nitrogens is 1. The Hall–Kier alpha value is -1.28. The van der Waals surface area contributed by atoms with E-state index in [1.165, 1.54) is 0 Å². The van der Waals surface area contributed by atoms with Gasteiger partial charge in [-0.05, 0) is 31.0 Å². The second-order valence-electron chi connectivity index (χ2n) is 4.39. The molecule has 1 aromatic heterocycles. The van der Waals surface area contributed by atoms with Crippen LogP contribution in [0.15, 0.2) is 24.3 Å². The first-order chi connectivity index (χ1) is 7.66. The zero-order chi connectivity index (χ0) is 11.3. The summed E-state index contributed by atoms with van der Waals surface area (Å²) in [5.41, 5.74) is 1.89. The predicted octanol–water partition coefficient (Wildman–Crippen LogP) is 3.83. The van der Waals surface area contributed by atoms with Crippen molar-refractivity contribution >= 4 is 28.3 Å². The van der Waals surface area contributed by atoms with Crippen molar-refractivity contribution in [2.75, 3.05) is 0 Å². The summed E-state index contributed by atoms with van der Waals surface area (Å²) in [4.78, 5) is 11.6. The van der Waals surface area contributed by atoms with Crippen molar-refractivity contribution in [3.8, 4) is 0 Å². The first kappa shape index (κ1) is 9.91. The van der Waals surface area contributed by atoms with Crippen molar-refractivity contribution in [1.29, 1.82) is 0 Å². The van der Waals surface area contributed by atoms with Gasteiger partial charge in [-0.25, -0.2) is 0 Å². The summed E-state index contributed by atoms with van der Waals surface area (Å²) in [5, 5.41) is 1.82. The van der Waals surface area contributed by atoms with Crippen molar-refractivity contribution in [3.63, 3.8) is 0 Å². The molecule has 0 amide bonds. The van der Waals surface area contributed by atoms with Gasteiger partial charge in [-0.3, -0.25) is 4.79 Å². The van der Waals surface area contributed by atoms with Crippen LogP contribution in [0.1, 0.15) is 36.3 Å². The van der Waals surface area contributed by atoms with E-state index in [1.807, 2.05) is 24.3 Å². The highest BCUT2D eigenvalue weighted by atomic mass is 35.5. The van der Waals surface area contributed by atoms with Gasteiger partial charge in [-0.2, -0.15) is 0 Å². The number of Topliss-reactive ketones (excluding diaryl/α,β-unsaturated/α-hetero) is 1. The molecule has 0 bridgehead atoms. The second-order valence-corrected chi connectivity index (χ2v) is 4.83. The molecule has 16 heavy (non-hydrogen) atoms. The first-order valence-electron chi connectivity index (χ1n) is 5.48. The lowest BCUT2D eigenvalue weighted by molar-refractivity contribution is 0.100. The molecule has 1 aliphatic rings. The summed E-state index contributed by atoms with van der Waals surface area (Å²) in [6, 6.07) is 8.25. The number of rotatable bonds is 2. The molecule has 0 spiro atoms. The van der Waals surface area contributed by atoms with Gasteiger partial charge in [0, 0.05) is 23.4 Å². The summed E-state index contributed by atoms with van der Waals surface area (Å²) in [6.07, 6.45) is 2.33. The van der Waals surface area contributed by atoms with Crippen LogP contribution < -0.4 is 0 Å². The van der Waals surface area contributed by atoms with Crippen LogP contribution in [0.3, 0.4) is 0 Å². The Bertz CT molecular complexity index is 581. The van der Waals surface area contributed by atoms with E-state index >= 15 is 0 Å². The van der Waals surface area contributed by atoms with Crippen LogP contribution >= 0.6 is 11.6 Å². The molecule has 1 fully saturated rings. The number of nitrogens with zero attached hydrogens (tertiary/aromatic N) is 1. The quantitative estimate of drug-likeness (QED) is 0.723. The van der Waals surface area contributed by atoms with Crippen LogP contribution in [0.5, 0.6) is 0 Å². The van der Waals surface area contributed by atoms with E-state index in [1.54, 1.807) is 6.92 Å². The maximum absolute atomic E-state index is 11.6. The maximum Gasteiger partial charge on any atom is 0.176 e. The Morgan fingerprint density at radius 3 is 2.75 bits per heavy atom. The van der Waals surface area contributed by atoms with Crippen LogP contribution in [0.4, 0.5) is 0 Å². The molecule has 0 N–H and O–H groups in total. The number of fused-ring (bicyclic) bond motifs is 1. The Labute approximate surface area is 98.8 Å². The number of carbonyl (C=O) groups is 1. The third-order valence-electron chi connectivity index (χ3n) is 3.08. The van der Waals surface area contributed by atoms with Gasteiger partial charge in [0.15, 0.2) is 5.78 Å². The number of benzene rings is 1. The number of hydrogen-bond acceptors (Lipinski definition) is 1. The largest absolute Gasteiger partial charge is 0.335 e. The summed E-state index contributed by atoms with van der Waals surface area (Å²) in [7, 11) is 0. The SMILES string of the molecule is CC(=O)c1cc2ccc(Cl)cc2n1C1CC1. The van der Waals surface area contributed by atoms with Crippen LogP contribution in [0.25, 0.3) is 10.9 Å². The molecule has 0 atom stereocenters. The van der Waals surface area contributed by atoms with Crippen molar-refractivity contribution in [2.45, 2.75) is 25.8 Å². The molecule has 3 rings (SSSR count). The monoisotopic (exact) mass is 233 g/mol. The molecule has 1 saturated carbocycles. The molecule has 2 aromatic rings. The number of ketones is 1. The fourth-order valence-corrected chi connectivity index (χ4v) is 2.36. The lowest BCUT2D eigenvalue weighted by atomic mass is 10.2. The highest BCUT2D eigenvalue weighted by molar-refractivity contribution is 6.31. The zero-order valence-electron chi connectivity index (χ0n) is 9.03. The molecule has 1 aromatic carbocycles. The van der Waals surface area contributed by atoms with E-state index in [2.05, 4.69) is 4.57 Å². The molecule has 0 aliphatic heterocycles. The molecule has 1 aliphatic carbocycles. The lowest BCUT2D eigenvalue weighted by Crippen LogP contribution is -2.04. The Morgan fingerprint density at radius 2 is 2.12 bits per heavy atom. The van der Waals surface area contributed by atoms with Crippen LogP contribution in [0, 0.1) is 0 Å². The smallest absolute Gasteiger partial charge is 0.176 e. The molecule has 3 heteroatoms. The van der Waals surface area contributed by atoms with E-state index in [4.69, 9.17) is 11.6 Å². The summed E-state index contributed by atoms with van der Waals surface area (Å²) in [6.45, 7) is 1.62. The molecule has 0 radical (unpaired) electrons. The van der Waals surface area contributed by atoms with Crippen molar-refractivity contribution in [2.24, 2.45) is 0 Å². The molecule has 2 nitrogen and oxygen atoms in total. The minimum atomic E-state index is 0.124. The zero-order valence-corrected chi connectivity index (χ0v) is 9.79. The van der Waals surface area contributed by atoms with E-state index < -0.39 is 0 Å². The molecular formula is C13H12ClNO. The average molecular weight is 234 g/mol. The van der Waals surface area contributed by atoms with Gasteiger partial charge >= 0.3 is 0 Å². The summed E-state index contributed by atoms with van der Waals surface area (Å²) < 4.78 is 2.14. The maximum atomic E-state index is 11.6. The van der Waals surface area contributed by atoms with Crippen LogP contribution in [-0.4, -0.2) is 10.4 Å². The van der Waals surface area contributed by atoms with Gasteiger partial charge in [0.05, 0.1) is 11.2 Å². The average Bonchev–Trinajstić information content (AvgIpc) is 2.99. The van der Waals surface area contributed by atoms with Gasteiger partial charge in [-0.1, -0.05) is 17.7 Å². The van der Waals surface area contributed by atoms with Crippen molar-refractivity contribution in [1.82, 2.24) is 4.57 Å². The van der Waals surface area contributed by atoms with Gasteiger partial charge in [0.2, 0.25) is 0 Å². The minimum absolute atomic E-state index is 0.124. The molecule has 0 unspecified atom stereocenters. The summed E-state index contributed by atoms with van der Waals surface area (Å²) >= 11 is 6.01. The molecular weight excluding hydrogens is 222 g/mol. The molecule has 82 valence electrons. The Kier molecular flexibility index (Phi) is 2.08. The van der Waals surface area contributed by atoms with E-state index in [0.717, 1.165) is 34.5 Å². The number of hydrogen-bond donors (Lipinski definition) is 0. The standard InChI is InChI=1S/C13H12ClNO/c1-8(16)12-6-9-2-3-10(14)7-13(9)15(12)11-4-5-11/h2-3,6-7,11H,4-5H2,1H3. The highest BCUT2D eigenvalue weighted by Crippen LogP contribution is 2.40. The Balaban J connectivity index is 2.33. The fourth-order valence-electron chi connectivity index (χ4n) is 2.19. The van der Waals surface area contributed by atoms with Gasteiger partial charge in [0.1, 0.15) is 0 Å². The highest BCUT2D eigenvalue weighted by Gasteiger charge is 2.28. The van der Waals surface area contributed by atoms with Crippen molar-refractivity contribution < 1.29 is 4.79 Å². The first-order valence-corrected chi connectivity index (χ1v) is 5.86. The van der Waals surface area contributed by atoms with Gasteiger partial charge in [0.25, 0.3) is 0 Å². The number of carbonyl (C=O) groups excluding carboxylic acids is 1. The van der Waals surface area contributed by atoms with Gasteiger partial charge in [-0.15, -0.1) is 0 Å². The Morgan fingerprint density at radius 1 is 1.38 bits per heavy atom. The normalized spacial score (nSPS) is 15.6. The fraction of sp³-hybridized carbons (Fsp3) is 0.308. The van der Waals surface area contributed by atoms with Gasteiger partial charge < -0.3 is 4.57 Å². The van der Waals surface area contributed by atoms with Crippen LogP contribution in [0.2, 0.25) is 5.02 Å². The van der Waals surface area contributed by atoms with E-state index in [9.17, 15) is 4.79 Å². The minimum Gasteiger partial charge on any atom is -0.335 e. The predicted molar refractivity (Wildman–Crippen MR) is 65.2 cm³/mol. The molecule has 1 heterocycles. The topological polar surface area (TPSA) is 22.0 Å². The summed E-state index contributed by atoms with van der Waals surface area (Å²) in [5.74, 6) is 0.124. The van der Waals surface area contributed by atoms with Crippen molar-refractivity contribution in [3.05, 3.63) is 35.0 Å². The van der Waals surface area contributed by atoms with E-state index in [-0.39, 0.29) is 5.78 Å². The third kappa shape index (κ3) is 1.45. The molecule has 0 saturated heterocycles. The van der Waals surface area contributed by atoms with Crippen LogP contribution in [-0.2, 0) is 0 Å². The lowest BCUT2D eigenvalue weighted by Gasteiger charge is -2.06. The second kappa shape index (κ2) is 3.36.